The number of aryl methyl sites for hydroxylation is 2. The Labute approximate surface area is 201 Å². The minimum absolute atomic E-state index is 0.893. The minimum Gasteiger partial charge on any atom is -0.376 e. The van der Waals surface area contributed by atoms with Crippen molar-refractivity contribution in [2.24, 2.45) is 0 Å². The van der Waals surface area contributed by atoms with E-state index in [9.17, 15) is 5.11 Å². The normalized spacial score (nSPS) is 13.4. The molecule has 0 heterocycles. The maximum absolute atomic E-state index is 12.7. The summed E-state index contributed by atoms with van der Waals surface area (Å²) in [5.74, 6) is 0. The van der Waals surface area contributed by atoms with E-state index in [0.29, 0.717) is 0 Å². The molecule has 5 aromatic carbocycles. The van der Waals surface area contributed by atoms with Gasteiger partial charge in [0, 0.05) is 11.1 Å². The van der Waals surface area contributed by atoms with Gasteiger partial charge in [0.1, 0.15) is 5.60 Å². The first-order valence-electron chi connectivity index (χ1n) is 11.8. The Balaban J connectivity index is 1.68. The molecular formula is C33H26O. The number of rotatable bonds is 3. The van der Waals surface area contributed by atoms with Crippen LogP contribution in [0.2, 0.25) is 0 Å². The van der Waals surface area contributed by atoms with Gasteiger partial charge in [0.05, 0.1) is 0 Å². The molecule has 0 aromatic heterocycles. The lowest BCUT2D eigenvalue weighted by atomic mass is 9.82. The van der Waals surface area contributed by atoms with Gasteiger partial charge in [-0.1, -0.05) is 103 Å². The Morgan fingerprint density at radius 1 is 0.471 bits per heavy atom. The average molecular weight is 439 g/mol. The summed E-state index contributed by atoms with van der Waals surface area (Å²) in [5, 5.41) is 12.7. The van der Waals surface area contributed by atoms with Crippen molar-refractivity contribution < 1.29 is 5.11 Å². The van der Waals surface area contributed by atoms with Gasteiger partial charge in [0.2, 0.25) is 0 Å². The van der Waals surface area contributed by atoms with Crippen molar-refractivity contribution in [1.82, 2.24) is 0 Å². The molecule has 1 aliphatic rings. The van der Waals surface area contributed by atoms with Gasteiger partial charge < -0.3 is 5.11 Å². The Hall–Kier alpha value is -3.94. The fraction of sp³-hybridized carbons (Fsp3) is 0.0909. The lowest BCUT2D eigenvalue weighted by Crippen LogP contribution is -2.26. The quantitative estimate of drug-likeness (QED) is 0.303. The molecule has 1 nitrogen and oxygen atoms in total. The van der Waals surface area contributed by atoms with Gasteiger partial charge >= 0.3 is 0 Å². The molecule has 0 bridgehead atoms. The molecule has 0 aliphatic heterocycles. The zero-order chi connectivity index (χ0) is 23.3. The van der Waals surface area contributed by atoms with Crippen LogP contribution in [0.1, 0.15) is 27.8 Å². The number of benzene rings is 5. The maximum Gasteiger partial charge on any atom is 0.141 e. The summed E-state index contributed by atoms with van der Waals surface area (Å²) in [6, 6.07) is 39.8. The molecule has 0 radical (unpaired) electrons. The van der Waals surface area contributed by atoms with E-state index in [1.54, 1.807) is 0 Å². The molecule has 164 valence electrons. The lowest BCUT2D eigenvalue weighted by Gasteiger charge is -2.28. The number of fused-ring (bicyclic) bond motifs is 3. The molecule has 1 aliphatic carbocycles. The van der Waals surface area contributed by atoms with Crippen LogP contribution in [0, 0.1) is 13.8 Å². The molecular weight excluding hydrogens is 412 g/mol. The molecule has 0 saturated heterocycles. The van der Waals surface area contributed by atoms with Gasteiger partial charge in [-0.2, -0.15) is 0 Å². The number of hydrogen-bond donors (Lipinski definition) is 1. The van der Waals surface area contributed by atoms with Crippen LogP contribution in [0.3, 0.4) is 0 Å². The molecule has 6 rings (SSSR count). The van der Waals surface area contributed by atoms with Crippen LogP contribution in [0.4, 0.5) is 0 Å². The molecule has 1 heteroatoms. The van der Waals surface area contributed by atoms with Crippen LogP contribution in [-0.2, 0) is 5.60 Å². The Kier molecular flexibility index (Phi) is 4.76. The summed E-state index contributed by atoms with van der Waals surface area (Å²) in [6.07, 6.45) is 0. The maximum atomic E-state index is 12.7. The third kappa shape index (κ3) is 3.05. The van der Waals surface area contributed by atoms with Gasteiger partial charge in [-0.3, -0.25) is 0 Å². The van der Waals surface area contributed by atoms with E-state index in [-0.39, 0.29) is 0 Å². The second-order valence-electron chi connectivity index (χ2n) is 9.24. The van der Waals surface area contributed by atoms with E-state index >= 15 is 0 Å². The summed E-state index contributed by atoms with van der Waals surface area (Å²) in [5.41, 5.74) is 10.8. The van der Waals surface area contributed by atoms with Crippen molar-refractivity contribution in [3.63, 3.8) is 0 Å². The summed E-state index contributed by atoms with van der Waals surface area (Å²) in [6.45, 7) is 4.33. The highest BCUT2D eigenvalue weighted by Gasteiger charge is 2.45. The fourth-order valence-corrected chi connectivity index (χ4v) is 5.54. The van der Waals surface area contributed by atoms with Crippen molar-refractivity contribution in [3.05, 3.63) is 143 Å². The monoisotopic (exact) mass is 438 g/mol. The lowest BCUT2D eigenvalue weighted by molar-refractivity contribution is 0.131. The van der Waals surface area contributed by atoms with E-state index in [1.807, 2.05) is 42.5 Å². The third-order valence-corrected chi connectivity index (χ3v) is 7.11. The Morgan fingerprint density at radius 2 is 0.853 bits per heavy atom. The molecule has 5 aromatic rings. The van der Waals surface area contributed by atoms with Crippen molar-refractivity contribution in [3.8, 4) is 33.4 Å². The van der Waals surface area contributed by atoms with Crippen LogP contribution in [0.15, 0.2) is 115 Å². The zero-order valence-corrected chi connectivity index (χ0v) is 19.4. The van der Waals surface area contributed by atoms with E-state index in [0.717, 1.165) is 50.1 Å². The highest BCUT2D eigenvalue weighted by atomic mass is 16.3. The predicted molar refractivity (Wildman–Crippen MR) is 141 cm³/mol. The molecule has 0 saturated carbocycles. The average Bonchev–Trinajstić information content (AvgIpc) is 3.16. The number of hydrogen-bond acceptors (Lipinski definition) is 1. The second kappa shape index (κ2) is 7.83. The summed E-state index contributed by atoms with van der Waals surface area (Å²) >= 11 is 0. The van der Waals surface area contributed by atoms with Crippen LogP contribution >= 0.6 is 0 Å². The topological polar surface area (TPSA) is 20.2 Å². The van der Waals surface area contributed by atoms with Gasteiger partial charge in [-0.25, -0.2) is 0 Å². The van der Waals surface area contributed by atoms with Crippen LogP contribution < -0.4 is 0 Å². The molecule has 1 N–H and O–H groups in total. The smallest absolute Gasteiger partial charge is 0.141 e. The van der Waals surface area contributed by atoms with Gasteiger partial charge in [-0.05, 0) is 76.1 Å². The van der Waals surface area contributed by atoms with Gasteiger partial charge in [0.15, 0.2) is 0 Å². The first kappa shape index (κ1) is 20.7. The summed E-state index contributed by atoms with van der Waals surface area (Å²) in [4.78, 5) is 0. The summed E-state index contributed by atoms with van der Waals surface area (Å²) < 4.78 is 0. The SMILES string of the molecule is Cc1cc(-c2ccccc2)cc2c1-c1c(C)cc(-c3ccccc3)cc1C2(O)c1ccccc1. The molecule has 0 amide bonds. The van der Waals surface area contributed by atoms with Gasteiger partial charge in [-0.15, -0.1) is 0 Å². The fourth-order valence-electron chi connectivity index (χ4n) is 5.54. The predicted octanol–water partition coefficient (Wildman–Crippen LogP) is 7.90. The minimum atomic E-state index is -1.23. The first-order chi connectivity index (χ1) is 16.6. The van der Waals surface area contributed by atoms with Crippen LogP contribution in [0.5, 0.6) is 0 Å². The Bertz CT molecular complexity index is 1400. The van der Waals surface area contributed by atoms with Crippen molar-refractivity contribution in [1.29, 1.82) is 0 Å². The standard InChI is InChI=1S/C33H26O/c1-22-18-26(24-12-6-3-7-13-24)20-29-31(22)32-23(2)19-27(25-14-8-4-9-15-25)21-30(32)33(29,34)28-16-10-5-11-17-28/h3-21,34H,1-2H3. The summed E-state index contributed by atoms with van der Waals surface area (Å²) in [7, 11) is 0. The molecule has 34 heavy (non-hydrogen) atoms. The molecule has 0 spiro atoms. The Morgan fingerprint density at radius 3 is 1.26 bits per heavy atom. The number of aliphatic hydroxyl groups is 1. The van der Waals surface area contributed by atoms with Crippen LogP contribution in [-0.4, -0.2) is 5.11 Å². The molecule has 0 atom stereocenters. The third-order valence-electron chi connectivity index (χ3n) is 7.11. The highest BCUT2D eigenvalue weighted by molar-refractivity contribution is 5.90. The second-order valence-corrected chi connectivity index (χ2v) is 9.24. The molecule has 0 unspecified atom stereocenters. The van der Waals surface area contributed by atoms with Crippen molar-refractivity contribution in [2.75, 3.05) is 0 Å². The van der Waals surface area contributed by atoms with E-state index in [4.69, 9.17) is 0 Å². The van der Waals surface area contributed by atoms with Crippen LogP contribution in [0.25, 0.3) is 33.4 Å². The molecule has 0 fully saturated rings. The van der Waals surface area contributed by atoms with Crippen molar-refractivity contribution >= 4 is 0 Å². The largest absolute Gasteiger partial charge is 0.376 e. The zero-order valence-electron chi connectivity index (χ0n) is 19.4. The highest BCUT2D eigenvalue weighted by Crippen LogP contribution is 2.55. The van der Waals surface area contributed by atoms with Crippen molar-refractivity contribution in [2.45, 2.75) is 19.4 Å². The van der Waals surface area contributed by atoms with E-state index < -0.39 is 5.60 Å². The first-order valence-corrected chi connectivity index (χ1v) is 11.8. The van der Waals surface area contributed by atoms with Gasteiger partial charge in [0.25, 0.3) is 0 Å². The van der Waals surface area contributed by atoms with E-state index in [1.165, 1.54) is 11.1 Å². The van der Waals surface area contributed by atoms with E-state index in [2.05, 4.69) is 86.6 Å².